The Hall–Kier alpha value is -2.48. The van der Waals surface area contributed by atoms with Crippen molar-refractivity contribution in [3.63, 3.8) is 0 Å². The number of likely N-dealkylation sites (tertiary alicyclic amines) is 1. The SMILES string of the molecule is COc1ccc(C[C@@H]2[C@H](O)C(OC(=O)OC(C)(C)C)CN2C(=O)OC(C)(C)C)cc1. The number of ether oxygens (including phenoxy) is 4. The number of carbonyl (C=O) groups excluding carboxylic acids is 2. The molecular formula is C22H33NO7. The van der Waals surface area contributed by atoms with Crippen LogP contribution < -0.4 is 4.74 Å². The van der Waals surface area contributed by atoms with Crippen molar-refractivity contribution in [2.45, 2.75) is 77.4 Å². The highest BCUT2D eigenvalue weighted by atomic mass is 16.7. The molecule has 8 nitrogen and oxygen atoms in total. The summed E-state index contributed by atoms with van der Waals surface area (Å²) in [5.41, 5.74) is -0.531. The minimum Gasteiger partial charge on any atom is -0.497 e. The molecule has 2 rings (SSSR count). The van der Waals surface area contributed by atoms with Gasteiger partial charge in [0.1, 0.15) is 23.1 Å². The first-order valence-electron chi connectivity index (χ1n) is 9.99. The Morgan fingerprint density at radius 1 is 1.03 bits per heavy atom. The quantitative estimate of drug-likeness (QED) is 0.740. The predicted octanol–water partition coefficient (Wildman–Crippen LogP) is 3.54. The summed E-state index contributed by atoms with van der Waals surface area (Å²) in [6, 6.07) is 6.72. The van der Waals surface area contributed by atoms with Gasteiger partial charge in [0.2, 0.25) is 0 Å². The summed E-state index contributed by atoms with van der Waals surface area (Å²) >= 11 is 0. The van der Waals surface area contributed by atoms with Crippen molar-refractivity contribution in [2.75, 3.05) is 13.7 Å². The van der Waals surface area contributed by atoms with Crippen LogP contribution in [-0.2, 0) is 20.6 Å². The summed E-state index contributed by atoms with van der Waals surface area (Å²) in [7, 11) is 1.58. The molecule has 0 aliphatic carbocycles. The number of benzene rings is 1. The lowest BCUT2D eigenvalue weighted by molar-refractivity contribution is -0.0486. The van der Waals surface area contributed by atoms with Gasteiger partial charge in [-0.15, -0.1) is 0 Å². The Kier molecular flexibility index (Phi) is 7.23. The Morgan fingerprint density at radius 2 is 1.60 bits per heavy atom. The Bertz CT molecular complexity index is 733. The lowest BCUT2D eigenvalue weighted by atomic mass is 10.0. The maximum atomic E-state index is 12.8. The molecule has 168 valence electrons. The second-order valence-electron chi connectivity index (χ2n) is 9.36. The molecule has 8 heteroatoms. The van der Waals surface area contributed by atoms with Gasteiger partial charge in [0.25, 0.3) is 0 Å². The summed E-state index contributed by atoms with van der Waals surface area (Å²) in [6.45, 7) is 10.5. The van der Waals surface area contributed by atoms with Crippen molar-refractivity contribution in [3.8, 4) is 5.75 Å². The van der Waals surface area contributed by atoms with Crippen LogP contribution in [0.3, 0.4) is 0 Å². The fraction of sp³-hybridized carbons (Fsp3) is 0.636. The lowest BCUT2D eigenvalue weighted by Gasteiger charge is -2.29. The van der Waals surface area contributed by atoms with Crippen LogP contribution in [0.2, 0.25) is 0 Å². The van der Waals surface area contributed by atoms with E-state index < -0.39 is 41.7 Å². The smallest absolute Gasteiger partial charge is 0.497 e. The highest BCUT2D eigenvalue weighted by molar-refractivity contribution is 5.69. The van der Waals surface area contributed by atoms with Gasteiger partial charge in [-0.3, -0.25) is 4.90 Å². The monoisotopic (exact) mass is 423 g/mol. The van der Waals surface area contributed by atoms with E-state index in [0.29, 0.717) is 12.2 Å². The third-order valence-corrected chi connectivity index (χ3v) is 4.42. The van der Waals surface area contributed by atoms with E-state index in [1.54, 1.807) is 48.7 Å². The highest BCUT2D eigenvalue weighted by Crippen LogP contribution is 2.28. The molecule has 1 N–H and O–H groups in total. The fourth-order valence-corrected chi connectivity index (χ4v) is 3.14. The minimum absolute atomic E-state index is 0.0101. The number of aliphatic hydroxyl groups is 1. The summed E-state index contributed by atoms with van der Waals surface area (Å²) < 4.78 is 21.2. The maximum absolute atomic E-state index is 12.8. The zero-order chi connectivity index (χ0) is 22.7. The maximum Gasteiger partial charge on any atom is 0.509 e. The third-order valence-electron chi connectivity index (χ3n) is 4.42. The predicted molar refractivity (Wildman–Crippen MR) is 111 cm³/mol. The molecule has 30 heavy (non-hydrogen) atoms. The van der Waals surface area contributed by atoms with Gasteiger partial charge >= 0.3 is 12.2 Å². The van der Waals surface area contributed by atoms with Crippen molar-refractivity contribution in [1.29, 1.82) is 0 Å². The van der Waals surface area contributed by atoms with Crippen LogP contribution in [0.1, 0.15) is 47.1 Å². The van der Waals surface area contributed by atoms with Gasteiger partial charge in [0, 0.05) is 0 Å². The Balaban J connectivity index is 2.19. The molecule has 0 radical (unpaired) electrons. The van der Waals surface area contributed by atoms with Gasteiger partial charge < -0.3 is 24.1 Å². The van der Waals surface area contributed by atoms with E-state index in [0.717, 1.165) is 5.56 Å². The molecule has 3 atom stereocenters. The number of aliphatic hydroxyl groups excluding tert-OH is 1. The molecule has 1 aliphatic rings. The van der Waals surface area contributed by atoms with E-state index in [2.05, 4.69) is 0 Å². The van der Waals surface area contributed by atoms with Crippen molar-refractivity contribution >= 4 is 12.2 Å². The van der Waals surface area contributed by atoms with Crippen LogP contribution in [-0.4, -0.2) is 65.4 Å². The molecule has 0 saturated carbocycles. The largest absolute Gasteiger partial charge is 0.509 e. The summed E-state index contributed by atoms with van der Waals surface area (Å²) in [4.78, 5) is 26.3. The van der Waals surface area contributed by atoms with Gasteiger partial charge in [0.15, 0.2) is 6.10 Å². The highest BCUT2D eigenvalue weighted by Gasteiger charge is 2.47. The van der Waals surface area contributed by atoms with Gasteiger partial charge in [-0.2, -0.15) is 0 Å². The van der Waals surface area contributed by atoms with Gasteiger partial charge in [0.05, 0.1) is 19.7 Å². The number of nitrogens with zero attached hydrogens (tertiary/aromatic N) is 1. The third kappa shape index (κ3) is 6.79. The van der Waals surface area contributed by atoms with E-state index in [4.69, 9.17) is 18.9 Å². The van der Waals surface area contributed by atoms with Gasteiger partial charge in [-0.1, -0.05) is 12.1 Å². The van der Waals surface area contributed by atoms with E-state index in [-0.39, 0.29) is 6.54 Å². The fourth-order valence-electron chi connectivity index (χ4n) is 3.14. The molecule has 1 heterocycles. The molecule has 1 amide bonds. The van der Waals surface area contributed by atoms with Crippen LogP contribution >= 0.6 is 0 Å². The van der Waals surface area contributed by atoms with Crippen LogP contribution in [0.15, 0.2) is 24.3 Å². The zero-order valence-corrected chi connectivity index (χ0v) is 18.8. The standard InChI is InChI=1S/C22H33NO7/c1-21(2,3)29-19(25)23-13-17(28-20(26)30-22(4,5)6)18(24)16(23)12-14-8-10-15(27-7)11-9-14/h8-11,16-18,24H,12-13H2,1-7H3/t16-,17?,18+/m1/s1. The van der Waals surface area contributed by atoms with Crippen molar-refractivity contribution in [1.82, 2.24) is 4.90 Å². The molecule has 1 unspecified atom stereocenters. The first-order chi connectivity index (χ1) is 13.8. The first kappa shape index (κ1) is 23.8. The summed E-state index contributed by atoms with van der Waals surface area (Å²) in [5.74, 6) is 0.709. The number of methoxy groups -OCH3 is 1. The number of rotatable bonds is 4. The van der Waals surface area contributed by atoms with E-state index in [1.807, 2.05) is 24.3 Å². The first-order valence-corrected chi connectivity index (χ1v) is 9.99. The van der Waals surface area contributed by atoms with Gasteiger partial charge in [-0.05, 0) is 65.7 Å². The second kappa shape index (κ2) is 9.12. The van der Waals surface area contributed by atoms with Crippen LogP contribution in [0.25, 0.3) is 0 Å². The van der Waals surface area contributed by atoms with Crippen molar-refractivity contribution in [3.05, 3.63) is 29.8 Å². The van der Waals surface area contributed by atoms with Gasteiger partial charge in [-0.25, -0.2) is 9.59 Å². The molecule has 1 aliphatic heterocycles. The average Bonchev–Trinajstić information content (AvgIpc) is 2.89. The molecule has 1 fully saturated rings. The summed E-state index contributed by atoms with van der Waals surface area (Å²) in [5, 5.41) is 10.9. The van der Waals surface area contributed by atoms with Crippen molar-refractivity contribution in [2.24, 2.45) is 0 Å². The molecule has 1 saturated heterocycles. The molecule has 0 spiro atoms. The Morgan fingerprint density at radius 3 is 2.10 bits per heavy atom. The van der Waals surface area contributed by atoms with Crippen molar-refractivity contribution < 1.29 is 33.6 Å². The van der Waals surface area contributed by atoms with E-state index in [9.17, 15) is 14.7 Å². The second-order valence-corrected chi connectivity index (χ2v) is 9.36. The molecule has 0 aromatic heterocycles. The van der Waals surface area contributed by atoms with Crippen LogP contribution in [0.4, 0.5) is 9.59 Å². The minimum atomic E-state index is -1.09. The topological polar surface area (TPSA) is 94.5 Å². The van der Waals surface area contributed by atoms with E-state index >= 15 is 0 Å². The van der Waals surface area contributed by atoms with E-state index in [1.165, 1.54) is 4.90 Å². The normalized spacial score (nSPS) is 21.9. The molecule has 0 bridgehead atoms. The van der Waals surface area contributed by atoms with Crippen LogP contribution in [0, 0.1) is 0 Å². The zero-order valence-electron chi connectivity index (χ0n) is 18.8. The summed E-state index contributed by atoms with van der Waals surface area (Å²) in [6.07, 6.45) is -3.11. The number of hydrogen-bond donors (Lipinski definition) is 1. The lowest BCUT2D eigenvalue weighted by Crippen LogP contribution is -2.43. The van der Waals surface area contributed by atoms with Crippen LogP contribution in [0.5, 0.6) is 5.75 Å². The molecular weight excluding hydrogens is 390 g/mol. The Labute approximate surface area is 178 Å². The number of amides is 1. The number of hydrogen-bond acceptors (Lipinski definition) is 7. The average molecular weight is 424 g/mol. The molecule has 1 aromatic carbocycles. The number of carbonyl (C=O) groups is 2. The molecule has 1 aromatic rings.